The lowest BCUT2D eigenvalue weighted by Crippen LogP contribution is -2.48. The number of likely N-dealkylation sites (tertiary alicyclic amines) is 1. The number of nitrogens with one attached hydrogen (secondary N) is 1. The van der Waals surface area contributed by atoms with Crippen molar-refractivity contribution in [1.82, 2.24) is 9.88 Å². The van der Waals surface area contributed by atoms with E-state index in [-0.39, 0.29) is 23.7 Å². The number of hydrogen-bond donors (Lipinski definition) is 1. The van der Waals surface area contributed by atoms with E-state index in [1.165, 1.54) is 0 Å². The summed E-state index contributed by atoms with van der Waals surface area (Å²) < 4.78 is 17.5. The molecular formula is C30H43N3O4. The van der Waals surface area contributed by atoms with Gasteiger partial charge >= 0.3 is 6.09 Å². The van der Waals surface area contributed by atoms with Gasteiger partial charge in [-0.05, 0) is 89.2 Å². The number of H-pyrrole nitrogens is 1. The Hall–Kier alpha value is -2.56. The van der Waals surface area contributed by atoms with Gasteiger partial charge in [-0.15, -0.1) is 0 Å². The summed E-state index contributed by atoms with van der Waals surface area (Å²) in [6.07, 6.45) is 7.03. The van der Waals surface area contributed by atoms with Crippen LogP contribution in [0.2, 0.25) is 0 Å². The fraction of sp³-hybridized carbons (Fsp3) is 0.667. The fourth-order valence-electron chi connectivity index (χ4n) is 5.86. The van der Waals surface area contributed by atoms with Crippen LogP contribution in [0, 0.1) is 16.7 Å². The molecule has 2 saturated heterocycles. The van der Waals surface area contributed by atoms with Gasteiger partial charge < -0.3 is 24.1 Å². The molecule has 0 bridgehead atoms. The van der Waals surface area contributed by atoms with Crippen molar-refractivity contribution < 1.29 is 19.0 Å². The third kappa shape index (κ3) is 6.86. The second kappa shape index (κ2) is 11.9. The Morgan fingerprint density at radius 1 is 1.30 bits per heavy atom. The largest absolute Gasteiger partial charge is 0.444 e. The highest BCUT2D eigenvalue weighted by molar-refractivity contribution is 5.85. The minimum absolute atomic E-state index is 0.126. The number of piperidine rings is 1. The molecule has 3 heterocycles. The van der Waals surface area contributed by atoms with E-state index in [1.807, 2.05) is 37.8 Å². The molecule has 0 aliphatic carbocycles. The number of carbonyl (C=O) groups is 1. The summed E-state index contributed by atoms with van der Waals surface area (Å²) >= 11 is 0. The van der Waals surface area contributed by atoms with Crippen LogP contribution in [-0.4, -0.2) is 54.2 Å². The molecule has 1 aromatic carbocycles. The maximum absolute atomic E-state index is 12.9. The highest BCUT2D eigenvalue weighted by atomic mass is 16.7. The first-order valence-electron chi connectivity index (χ1n) is 13.9. The molecule has 3 unspecified atom stereocenters. The van der Waals surface area contributed by atoms with E-state index in [2.05, 4.69) is 30.1 Å². The van der Waals surface area contributed by atoms with Crippen LogP contribution >= 0.6 is 0 Å². The van der Waals surface area contributed by atoms with Crippen molar-refractivity contribution >= 4 is 17.0 Å². The van der Waals surface area contributed by atoms with Crippen LogP contribution in [0.5, 0.6) is 0 Å². The average Bonchev–Trinajstić information content (AvgIpc) is 3.25. The van der Waals surface area contributed by atoms with Gasteiger partial charge in [-0.25, -0.2) is 4.79 Å². The van der Waals surface area contributed by atoms with Gasteiger partial charge in [0.2, 0.25) is 0 Å². The Kier molecular flexibility index (Phi) is 8.82. The Labute approximate surface area is 221 Å². The zero-order chi connectivity index (χ0) is 26.5. The number of carbonyl (C=O) groups excluding carboxylic acids is 1. The Bertz CT molecular complexity index is 1090. The topological polar surface area (TPSA) is 87.6 Å². The van der Waals surface area contributed by atoms with E-state index in [9.17, 15) is 10.1 Å². The monoisotopic (exact) mass is 509 g/mol. The summed E-state index contributed by atoms with van der Waals surface area (Å²) in [6, 6.07) is 10.9. The van der Waals surface area contributed by atoms with Crippen LogP contribution in [-0.2, 0) is 20.6 Å². The zero-order valence-corrected chi connectivity index (χ0v) is 23.0. The summed E-state index contributed by atoms with van der Waals surface area (Å²) in [5, 5.41) is 11.5. The van der Waals surface area contributed by atoms with Gasteiger partial charge in [0.25, 0.3) is 0 Å². The highest BCUT2D eigenvalue weighted by Gasteiger charge is 2.40. The number of benzene rings is 1. The summed E-state index contributed by atoms with van der Waals surface area (Å²) in [4.78, 5) is 18.3. The third-order valence-electron chi connectivity index (χ3n) is 7.84. The van der Waals surface area contributed by atoms with Gasteiger partial charge in [-0.1, -0.05) is 25.1 Å². The minimum Gasteiger partial charge on any atom is -0.444 e. The van der Waals surface area contributed by atoms with Crippen LogP contribution in [0.4, 0.5) is 4.79 Å². The van der Waals surface area contributed by atoms with Crippen molar-refractivity contribution in [2.24, 2.45) is 5.41 Å². The lowest BCUT2D eigenvalue weighted by atomic mass is 9.71. The van der Waals surface area contributed by atoms with Crippen LogP contribution in [0.3, 0.4) is 0 Å². The number of hydrogen-bond acceptors (Lipinski definition) is 5. The molecule has 1 amide bonds. The molecule has 4 rings (SSSR count). The van der Waals surface area contributed by atoms with Gasteiger partial charge in [0.15, 0.2) is 6.29 Å². The van der Waals surface area contributed by atoms with E-state index in [0.717, 1.165) is 73.7 Å². The molecule has 37 heavy (non-hydrogen) atoms. The standard InChI is InChI=1S/C30H43N3O4/c1-5-30(15-10-16-33(21-30)28(34)37-29(2,3)4)19-22(20-31)27-24(23-11-6-7-12-25(23)32-27)14-18-36-26-13-8-9-17-35-26/h6-7,11-12,22,26,32H,5,8-10,13-19,21H2,1-4H3. The normalized spacial score (nSPS) is 23.5. The number of aromatic amines is 1. The molecule has 202 valence electrons. The number of nitriles is 1. The molecule has 7 heteroatoms. The van der Waals surface area contributed by atoms with E-state index < -0.39 is 5.60 Å². The number of amides is 1. The predicted molar refractivity (Wildman–Crippen MR) is 144 cm³/mol. The predicted octanol–water partition coefficient (Wildman–Crippen LogP) is 6.68. The molecule has 0 saturated carbocycles. The fourth-order valence-corrected chi connectivity index (χ4v) is 5.86. The number of ether oxygens (including phenoxy) is 3. The van der Waals surface area contributed by atoms with Crippen molar-refractivity contribution in [3.63, 3.8) is 0 Å². The maximum Gasteiger partial charge on any atom is 0.410 e. The molecule has 1 N–H and O–H groups in total. The van der Waals surface area contributed by atoms with Gasteiger partial charge in [-0.2, -0.15) is 5.26 Å². The maximum atomic E-state index is 12.9. The summed E-state index contributed by atoms with van der Waals surface area (Å²) in [5.74, 6) is -0.299. The van der Waals surface area contributed by atoms with Crippen molar-refractivity contribution in [3.05, 3.63) is 35.5 Å². The SMILES string of the molecule is CCC1(CC(C#N)c2[nH]c3ccccc3c2CCOC2CCCCO2)CCCN(C(=O)OC(C)(C)C)C1. The summed E-state index contributed by atoms with van der Waals surface area (Å²) in [7, 11) is 0. The van der Waals surface area contributed by atoms with Crippen molar-refractivity contribution in [2.45, 2.75) is 96.9 Å². The van der Waals surface area contributed by atoms with E-state index in [1.54, 1.807) is 0 Å². The molecule has 2 aromatic rings. The lowest BCUT2D eigenvalue weighted by Gasteiger charge is -2.43. The van der Waals surface area contributed by atoms with Crippen LogP contribution in [0.1, 0.15) is 89.8 Å². The molecule has 1 aromatic heterocycles. The molecule has 0 radical (unpaired) electrons. The lowest BCUT2D eigenvalue weighted by molar-refractivity contribution is -0.161. The van der Waals surface area contributed by atoms with E-state index in [4.69, 9.17) is 14.2 Å². The number of para-hydroxylation sites is 1. The smallest absolute Gasteiger partial charge is 0.410 e. The van der Waals surface area contributed by atoms with Gasteiger partial charge in [0.1, 0.15) is 5.60 Å². The van der Waals surface area contributed by atoms with Gasteiger partial charge in [-0.3, -0.25) is 0 Å². The Balaban J connectivity index is 1.53. The number of nitrogens with zero attached hydrogens (tertiary/aromatic N) is 2. The van der Waals surface area contributed by atoms with Crippen molar-refractivity contribution in [3.8, 4) is 6.07 Å². The first-order valence-corrected chi connectivity index (χ1v) is 13.9. The molecule has 0 spiro atoms. The van der Waals surface area contributed by atoms with Crippen LogP contribution in [0.15, 0.2) is 24.3 Å². The van der Waals surface area contributed by atoms with Crippen molar-refractivity contribution in [2.75, 3.05) is 26.3 Å². The van der Waals surface area contributed by atoms with Crippen molar-refractivity contribution in [1.29, 1.82) is 5.26 Å². The second-order valence-electron chi connectivity index (χ2n) is 11.7. The number of rotatable bonds is 8. The molecular weight excluding hydrogens is 466 g/mol. The third-order valence-corrected chi connectivity index (χ3v) is 7.84. The van der Waals surface area contributed by atoms with E-state index >= 15 is 0 Å². The van der Waals surface area contributed by atoms with Crippen LogP contribution < -0.4 is 0 Å². The molecule has 7 nitrogen and oxygen atoms in total. The van der Waals surface area contributed by atoms with Gasteiger partial charge in [0, 0.05) is 36.3 Å². The number of fused-ring (bicyclic) bond motifs is 1. The second-order valence-corrected chi connectivity index (χ2v) is 11.7. The molecule has 2 fully saturated rings. The first kappa shape index (κ1) is 27.5. The average molecular weight is 510 g/mol. The van der Waals surface area contributed by atoms with Gasteiger partial charge in [0.05, 0.1) is 18.6 Å². The quantitative estimate of drug-likeness (QED) is 0.429. The first-order chi connectivity index (χ1) is 17.7. The Morgan fingerprint density at radius 2 is 2.11 bits per heavy atom. The number of aromatic nitrogens is 1. The van der Waals surface area contributed by atoms with E-state index in [0.29, 0.717) is 26.1 Å². The minimum atomic E-state index is -0.525. The summed E-state index contributed by atoms with van der Waals surface area (Å²) in [5.41, 5.74) is 2.54. The summed E-state index contributed by atoms with van der Waals surface area (Å²) in [6.45, 7) is 10.5. The van der Waals surface area contributed by atoms with Crippen LogP contribution in [0.25, 0.3) is 10.9 Å². The molecule has 2 aliphatic heterocycles. The zero-order valence-electron chi connectivity index (χ0n) is 23.0. The highest BCUT2D eigenvalue weighted by Crippen LogP contribution is 2.43. The molecule has 3 atom stereocenters. The molecule has 2 aliphatic rings. The Morgan fingerprint density at radius 3 is 2.81 bits per heavy atom.